The lowest BCUT2D eigenvalue weighted by Gasteiger charge is -2.03. The predicted molar refractivity (Wildman–Crippen MR) is 102 cm³/mol. The van der Waals surface area contributed by atoms with Gasteiger partial charge in [0.15, 0.2) is 0 Å². The van der Waals surface area contributed by atoms with Gasteiger partial charge in [0.05, 0.1) is 23.3 Å². The molecule has 0 atom stereocenters. The van der Waals surface area contributed by atoms with Crippen LogP contribution in [0.2, 0.25) is 10.0 Å². The first kappa shape index (κ1) is 18.0. The number of aromatic amines is 1. The first-order valence-corrected chi connectivity index (χ1v) is 8.50. The van der Waals surface area contributed by atoms with Crippen LogP contribution in [0.15, 0.2) is 36.7 Å². The van der Waals surface area contributed by atoms with Gasteiger partial charge < -0.3 is 9.72 Å². The first-order chi connectivity index (χ1) is 12.5. The summed E-state index contributed by atoms with van der Waals surface area (Å²) in [6, 6.07) is 8.88. The van der Waals surface area contributed by atoms with Crippen LogP contribution in [0.1, 0.15) is 28.5 Å². The summed E-state index contributed by atoms with van der Waals surface area (Å²) in [5, 5.41) is 11.0. The molecule has 0 aliphatic carbocycles. The van der Waals surface area contributed by atoms with E-state index in [0.717, 1.165) is 0 Å². The summed E-state index contributed by atoms with van der Waals surface area (Å²) in [6.07, 6.45) is 4.79. The molecule has 0 aliphatic heterocycles. The third kappa shape index (κ3) is 3.43. The quantitative estimate of drug-likeness (QED) is 0.499. The van der Waals surface area contributed by atoms with E-state index in [1.807, 2.05) is 0 Å². The number of nitrogens with one attached hydrogen (secondary N) is 1. The molecule has 1 aromatic carbocycles. The molecular formula is C19H13Cl2N3O2. The number of halogens is 2. The fourth-order valence-electron chi connectivity index (χ4n) is 2.63. The van der Waals surface area contributed by atoms with Crippen molar-refractivity contribution in [1.82, 2.24) is 9.97 Å². The topological polar surface area (TPSA) is 78.8 Å². The SMILES string of the molecule is CCOC(=O)c1[nH]c2cc(Cl)cc(Cl)c2c1/C=C(\C#N)c1cccnc1. The van der Waals surface area contributed by atoms with Gasteiger partial charge in [-0.25, -0.2) is 4.79 Å². The smallest absolute Gasteiger partial charge is 0.355 e. The van der Waals surface area contributed by atoms with Gasteiger partial charge in [-0.15, -0.1) is 0 Å². The number of benzene rings is 1. The summed E-state index contributed by atoms with van der Waals surface area (Å²) in [4.78, 5) is 19.4. The second-order valence-electron chi connectivity index (χ2n) is 5.36. The van der Waals surface area contributed by atoms with Crippen molar-refractivity contribution in [2.45, 2.75) is 6.92 Å². The maximum atomic E-state index is 12.4. The van der Waals surface area contributed by atoms with Crippen LogP contribution in [0, 0.1) is 11.3 Å². The van der Waals surface area contributed by atoms with Gasteiger partial charge in [-0.05, 0) is 31.2 Å². The van der Waals surface area contributed by atoms with Crippen molar-refractivity contribution >= 4 is 51.7 Å². The van der Waals surface area contributed by atoms with Gasteiger partial charge in [-0.2, -0.15) is 5.26 Å². The molecule has 0 saturated carbocycles. The number of allylic oxidation sites excluding steroid dienone is 1. The minimum absolute atomic E-state index is 0.211. The van der Waals surface area contributed by atoms with Crippen LogP contribution in [-0.4, -0.2) is 22.5 Å². The average molecular weight is 386 g/mol. The number of hydrogen-bond acceptors (Lipinski definition) is 4. The zero-order valence-electron chi connectivity index (χ0n) is 13.7. The molecule has 0 bridgehead atoms. The Kier molecular flexibility index (Phi) is 5.27. The Bertz CT molecular complexity index is 1050. The Morgan fingerprint density at radius 1 is 1.42 bits per heavy atom. The molecule has 130 valence electrons. The number of fused-ring (bicyclic) bond motifs is 1. The molecular weight excluding hydrogens is 373 g/mol. The van der Waals surface area contributed by atoms with E-state index in [9.17, 15) is 10.1 Å². The van der Waals surface area contributed by atoms with Crippen LogP contribution in [0.3, 0.4) is 0 Å². The van der Waals surface area contributed by atoms with E-state index in [1.165, 1.54) is 0 Å². The molecule has 0 amide bonds. The summed E-state index contributed by atoms with van der Waals surface area (Å²) in [6.45, 7) is 1.94. The fraction of sp³-hybridized carbons (Fsp3) is 0.105. The van der Waals surface area contributed by atoms with Crippen LogP contribution in [0.25, 0.3) is 22.6 Å². The molecule has 0 radical (unpaired) electrons. The summed E-state index contributed by atoms with van der Waals surface area (Å²) >= 11 is 12.4. The van der Waals surface area contributed by atoms with Crippen molar-refractivity contribution in [1.29, 1.82) is 5.26 Å². The molecule has 0 fully saturated rings. The average Bonchev–Trinajstić information content (AvgIpc) is 2.99. The molecule has 2 aromatic heterocycles. The molecule has 3 aromatic rings. The Balaban J connectivity index is 2.29. The van der Waals surface area contributed by atoms with Gasteiger partial charge in [0.2, 0.25) is 0 Å². The summed E-state index contributed by atoms with van der Waals surface area (Å²) in [5.41, 5.74) is 2.24. The van der Waals surface area contributed by atoms with Gasteiger partial charge >= 0.3 is 5.97 Å². The first-order valence-electron chi connectivity index (χ1n) is 7.75. The standard InChI is InChI=1S/C19H13Cl2N3O2/c1-2-26-19(25)18-14(6-12(9-22)11-4-3-5-23-10-11)17-15(21)7-13(20)8-16(17)24-18/h3-8,10,24H,2H2,1H3/b12-6+. The highest BCUT2D eigenvalue weighted by atomic mass is 35.5. The van der Waals surface area contributed by atoms with E-state index in [0.29, 0.717) is 37.6 Å². The van der Waals surface area contributed by atoms with Gasteiger partial charge in [0, 0.05) is 39.4 Å². The number of pyridine rings is 1. The number of H-pyrrole nitrogens is 1. The Morgan fingerprint density at radius 2 is 2.23 bits per heavy atom. The number of esters is 1. The Labute approximate surface area is 159 Å². The molecule has 26 heavy (non-hydrogen) atoms. The number of carbonyl (C=O) groups is 1. The lowest BCUT2D eigenvalue weighted by Crippen LogP contribution is -2.06. The molecule has 0 spiro atoms. The molecule has 0 unspecified atom stereocenters. The number of nitrogens with zero attached hydrogens (tertiary/aromatic N) is 2. The van der Waals surface area contributed by atoms with Crippen LogP contribution in [0.4, 0.5) is 0 Å². The fourth-order valence-corrected chi connectivity index (χ4v) is 3.22. The van der Waals surface area contributed by atoms with E-state index in [1.54, 1.807) is 49.7 Å². The number of aromatic nitrogens is 2. The van der Waals surface area contributed by atoms with Gasteiger partial charge in [0.1, 0.15) is 5.69 Å². The lowest BCUT2D eigenvalue weighted by molar-refractivity contribution is 0.0520. The number of ether oxygens (including phenoxy) is 1. The second kappa shape index (κ2) is 7.61. The van der Waals surface area contributed by atoms with Crippen molar-refractivity contribution in [2.75, 3.05) is 6.61 Å². The molecule has 5 nitrogen and oxygen atoms in total. The minimum Gasteiger partial charge on any atom is -0.461 e. The van der Waals surface area contributed by atoms with Crippen molar-refractivity contribution < 1.29 is 9.53 Å². The van der Waals surface area contributed by atoms with Crippen molar-refractivity contribution in [3.63, 3.8) is 0 Å². The van der Waals surface area contributed by atoms with Gasteiger partial charge in [-0.1, -0.05) is 29.3 Å². The maximum Gasteiger partial charge on any atom is 0.355 e. The minimum atomic E-state index is -0.536. The third-order valence-corrected chi connectivity index (χ3v) is 4.23. The normalized spacial score (nSPS) is 11.4. The maximum absolute atomic E-state index is 12.4. The lowest BCUT2D eigenvalue weighted by atomic mass is 10.0. The van der Waals surface area contributed by atoms with Crippen molar-refractivity contribution in [2.24, 2.45) is 0 Å². The van der Waals surface area contributed by atoms with E-state index >= 15 is 0 Å². The van der Waals surface area contributed by atoms with Gasteiger partial charge in [-0.3, -0.25) is 4.98 Å². The molecule has 7 heteroatoms. The molecule has 1 N–H and O–H groups in total. The summed E-state index contributed by atoms with van der Waals surface area (Å²) in [7, 11) is 0. The highest BCUT2D eigenvalue weighted by molar-refractivity contribution is 6.39. The van der Waals surface area contributed by atoms with Crippen molar-refractivity contribution in [3.8, 4) is 6.07 Å². The van der Waals surface area contributed by atoms with Crippen LogP contribution in [-0.2, 0) is 4.74 Å². The zero-order valence-corrected chi connectivity index (χ0v) is 15.2. The number of hydrogen-bond donors (Lipinski definition) is 1. The largest absolute Gasteiger partial charge is 0.461 e. The van der Waals surface area contributed by atoms with Crippen molar-refractivity contribution in [3.05, 3.63) is 63.5 Å². The van der Waals surface area contributed by atoms with E-state index in [2.05, 4.69) is 16.0 Å². The van der Waals surface area contributed by atoms with Crippen LogP contribution in [0.5, 0.6) is 0 Å². The number of carbonyl (C=O) groups excluding carboxylic acids is 1. The van der Waals surface area contributed by atoms with E-state index < -0.39 is 5.97 Å². The zero-order chi connectivity index (χ0) is 18.7. The van der Waals surface area contributed by atoms with E-state index in [-0.39, 0.29) is 12.3 Å². The Morgan fingerprint density at radius 3 is 2.88 bits per heavy atom. The highest BCUT2D eigenvalue weighted by Gasteiger charge is 2.20. The van der Waals surface area contributed by atoms with Crippen LogP contribution >= 0.6 is 23.2 Å². The highest BCUT2D eigenvalue weighted by Crippen LogP contribution is 2.35. The van der Waals surface area contributed by atoms with Gasteiger partial charge in [0.25, 0.3) is 0 Å². The molecule has 0 saturated heterocycles. The summed E-state index contributed by atoms with van der Waals surface area (Å²) in [5.74, 6) is -0.536. The van der Waals surface area contributed by atoms with Crippen LogP contribution < -0.4 is 0 Å². The number of nitriles is 1. The van der Waals surface area contributed by atoms with E-state index in [4.69, 9.17) is 27.9 Å². The molecule has 3 rings (SSSR count). The third-order valence-electron chi connectivity index (χ3n) is 3.71. The second-order valence-corrected chi connectivity index (χ2v) is 6.20. The summed E-state index contributed by atoms with van der Waals surface area (Å²) < 4.78 is 5.12. The Hall–Kier alpha value is -2.81. The predicted octanol–water partition coefficient (Wildman–Crippen LogP) is 5.11. The monoisotopic (exact) mass is 385 g/mol. The number of rotatable bonds is 4. The molecule has 0 aliphatic rings. The molecule has 2 heterocycles.